The highest BCUT2D eigenvalue weighted by Gasteiger charge is 2.79. The van der Waals surface area contributed by atoms with Gasteiger partial charge in [-0.05, 0) is 72.8 Å². The lowest BCUT2D eigenvalue weighted by Gasteiger charge is -2.68. The van der Waals surface area contributed by atoms with Gasteiger partial charge in [-0.1, -0.05) is 138 Å². The van der Waals surface area contributed by atoms with Gasteiger partial charge in [0.05, 0.1) is 35.6 Å². The molecule has 16 nitrogen and oxygen atoms in total. The summed E-state index contributed by atoms with van der Waals surface area (Å²) in [6.45, 7) is 14.5. The van der Waals surface area contributed by atoms with Crippen LogP contribution in [-0.2, 0) is 58.5 Å². The van der Waals surface area contributed by atoms with Gasteiger partial charge in [0.1, 0.15) is 23.9 Å². The number of ketones is 2. The standard InChI is InChI=1S/C62H73NO15Si/c1-10-79(11-2,12-3)78-46-34-47-61(36-73-47,77-39(6)65)54-56(76-57(70)44-26-20-15-21-27-44)62(72)35-45(37(4)49(59(62,7)8)53(74-38(5)64)55(69)60(46,54)9)75-58(71)52(68)50(41-22-16-13-17-23-41)63-48(66)33-30-40-28-31-43(32-29-40)51(67)42-24-18-14-19-25-42/h13-29,31-32,45-47,50,52-54,56,68,72H,10-12,30,33-36H2,1-9H3,(H,63,66)/t45-,46-,47+,50-,52+,53+,54-,56-,60+,61-,62+/m0/s1/i30T,33T/t30?,33?,45-,46-,47+,50-,52+,53+,54-,56-,60+,61-,62+. The van der Waals surface area contributed by atoms with Gasteiger partial charge in [-0.3, -0.25) is 24.0 Å². The van der Waals surface area contributed by atoms with Crippen LogP contribution in [0.3, 0.4) is 0 Å². The third kappa shape index (κ3) is 10.9. The summed E-state index contributed by atoms with van der Waals surface area (Å²) in [4.78, 5) is 100. The van der Waals surface area contributed by atoms with Crippen molar-refractivity contribution in [2.75, 3.05) is 6.61 Å². The smallest absolute Gasteiger partial charge is 0.338 e. The molecule has 1 aliphatic heterocycles. The van der Waals surface area contributed by atoms with Gasteiger partial charge in [-0.25, -0.2) is 9.59 Å². The average Bonchev–Trinajstić information content (AvgIpc) is 3.22. The van der Waals surface area contributed by atoms with Crippen molar-refractivity contribution >= 4 is 49.7 Å². The zero-order valence-electron chi connectivity index (χ0n) is 48.2. The van der Waals surface area contributed by atoms with Crippen LogP contribution in [-0.4, -0.2) is 114 Å². The molecule has 3 aliphatic carbocycles. The fourth-order valence-corrected chi connectivity index (χ4v) is 15.6. The number of amides is 1. The van der Waals surface area contributed by atoms with Gasteiger partial charge in [0.25, 0.3) is 0 Å². The maximum Gasteiger partial charge on any atom is 0.338 e. The minimum Gasteiger partial charge on any atom is -0.456 e. The predicted molar refractivity (Wildman–Crippen MR) is 293 cm³/mol. The monoisotopic (exact) mass is 1100 g/mol. The third-order valence-corrected chi connectivity index (χ3v) is 22.0. The maximum absolute atomic E-state index is 16.5. The zero-order chi connectivity index (χ0) is 59.0. The van der Waals surface area contributed by atoms with Crippen LogP contribution in [0.5, 0.6) is 0 Å². The summed E-state index contributed by atoms with van der Waals surface area (Å²) < 4.78 is 56.9. The van der Waals surface area contributed by atoms with Crippen LogP contribution in [0.2, 0.25) is 18.1 Å². The zero-order valence-corrected chi connectivity index (χ0v) is 47.2. The van der Waals surface area contributed by atoms with Crippen molar-refractivity contribution in [2.45, 2.75) is 160 Å². The lowest BCUT2D eigenvalue weighted by molar-refractivity contribution is -0.344. The van der Waals surface area contributed by atoms with Gasteiger partial charge in [-0.15, -0.1) is 0 Å². The molecule has 1 amide bonds. The fourth-order valence-electron chi connectivity index (χ4n) is 12.7. The van der Waals surface area contributed by atoms with E-state index in [0.717, 1.165) is 6.92 Å². The molecular weight excluding hydrogens is 1030 g/mol. The Balaban J connectivity index is 1.21. The Hall–Kier alpha value is -6.63. The predicted octanol–water partition coefficient (Wildman–Crippen LogP) is 8.32. The molecular formula is C62H73NO15Si. The second kappa shape index (κ2) is 23.2. The van der Waals surface area contributed by atoms with E-state index in [-0.39, 0.29) is 46.6 Å². The van der Waals surface area contributed by atoms with Crippen molar-refractivity contribution in [3.8, 4) is 0 Å². The van der Waals surface area contributed by atoms with E-state index in [2.05, 4.69) is 5.32 Å². The van der Waals surface area contributed by atoms with Gasteiger partial charge in [-0.2, -0.15) is 0 Å². The highest BCUT2D eigenvalue weighted by atomic mass is 28.4. The molecule has 8 rings (SSSR count). The van der Waals surface area contributed by atoms with E-state index in [1.807, 2.05) is 20.8 Å². The van der Waals surface area contributed by atoms with Crippen LogP contribution >= 0.6 is 0 Å². The highest BCUT2D eigenvalue weighted by Crippen LogP contribution is 2.65. The first-order valence-corrected chi connectivity index (χ1v) is 29.6. The molecule has 3 N–H and O–H groups in total. The van der Waals surface area contributed by atoms with E-state index in [1.54, 1.807) is 94.4 Å². The number of aliphatic hydroxyl groups excluding tert-OH is 1. The van der Waals surface area contributed by atoms with Crippen molar-refractivity contribution in [2.24, 2.45) is 16.7 Å². The Labute approximate surface area is 465 Å². The van der Waals surface area contributed by atoms with Crippen molar-refractivity contribution in [3.63, 3.8) is 0 Å². The van der Waals surface area contributed by atoms with E-state index in [4.69, 9.17) is 30.9 Å². The molecule has 420 valence electrons. The molecule has 2 saturated carbocycles. The second-order valence-corrected chi connectivity index (χ2v) is 26.7. The van der Waals surface area contributed by atoms with Crippen LogP contribution in [0.15, 0.2) is 126 Å². The molecule has 0 spiro atoms. The van der Waals surface area contributed by atoms with Crippen molar-refractivity contribution < 1.29 is 74.6 Å². The van der Waals surface area contributed by atoms with Crippen molar-refractivity contribution in [1.82, 2.24) is 5.32 Å². The molecule has 13 atom stereocenters. The minimum absolute atomic E-state index is 0.0188. The first-order valence-electron chi connectivity index (χ1n) is 28.2. The number of benzene rings is 4. The first-order chi connectivity index (χ1) is 38.3. The number of fused-ring (bicyclic) bond motifs is 5. The largest absolute Gasteiger partial charge is 0.456 e. The molecule has 3 fully saturated rings. The SMILES string of the molecule is [3H]C(C(=O)N[C@@H](c1ccccc1)[C@@H](O)C(=O)O[C@H]1C[C@@]2(O)[C@@H](OC(=O)c3ccccc3)[C@@H]3[C@]4(OC(C)=O)CO[C@@H]4C[C@H](O[Si](CC)(CC)CC)[C@@]3(C)C(=O)[C@H](OC(C)=O)C(=C1C)C2(C)C)C([3H])c1ccc(C(=O)c2ccccc2)cc1. The highest BCUT2D eigenvalue weighted by molar-refractivity contribution is 6.73. The van der Waals surface area contributed by atoms with Crippen LogP contribution in [0.25, 0.3) is 0 Å². The average molecular weight is 1100 g/mol. The van der Waals surface area contributed by atoms with Crippen molar-refractivity contribution in [3.05, 3.63) is 154 Å². The summed E-state index contributed by atoms with van der Waals surface area (Å²) in [6, 6.07) is 30.9. The summed E-state index contributed by atoms with van der Waals surface area (Å²) in [5, 5.41) is 29.0. The lowest BCUT2D eigenvalue weighted by atomic mass is 9.44. The van der Waals surface area contributed by atoms with E-state index in [9.17, 15) is 39.0 Å². The van der Waals surface area contributed by atoms with Gasteiger partial charge >= 0.3 is 23.9 Å². The number of carbonyl (C=O) groups is 7. The fraction of sp³-hybridized carbons (Fsp3) is 0.468. The molecule has 17 heteroatoms. The van der Waals surface area contributed by atoms with E-state index >= 15 is 4.79 Å². The van der Waals surface area contributed by atoms with Crippen molar-refractivity contribution in [1.29, 1.82) is 0 Å². The molecule has 4 aromatic carbocycles. The Morgan fingerprint density at radius 1 is 0.785 bits per heavy atom. The van der Waals surface area contributed by atoms with Crippen LogP contribution in [0.1, 0.15) is 128 Å². The normalized spacial score (nSPS) is 28.9. The third-order valence-electron chi connectivity index (χ3n) is 17.4. The molecule has 1 saturated heterocycles. The molecule has 2 bridgehead atoms. The maximum atomic E-state index is 16.5. The lowest BCUT2D eigenvalue weighted by Crippen LogP contribution is -2.82. The molecule has 2 unspecified atom stereocenters. The Morgan fingerprint density at radius 2 is 1.35 bits per heavy atom. The molecule has 1 heterocycles. The Kier molecular flexibility index (Phi) is 16.4. The van der Waals surface area contributed by atoms with Crippen LogP contribution in [0.4, 0.5) is 0 Å². The molecule has 4 aromatic rings. The van der Waals surface area contributed by atoms with Gasteiger partial charge in [0.15, 0.2) is 37.7 Å². The van der Waals surface area contributed by atoms with Gasteiger partial charge < -0.3 is 43.6 Å². The molecule has 0 radical (unpaired) electrons. The number of hydrogen-bond acceptors (Lipinski definition) is 15. The number of carbonyl (C=O) groups excluding carboxylic acids is 7. The summed E-state index contributed by atoms with van der Waals surface area (Å²) >= 11 is 0. The number of aryl methyl sites for hydroxylation is 1. The number of ether oxygens (including phenoxy) is 5. The number of hydrogen-bond donors (Lipinski definition) is 3. The molecule has 79 heavy (non-hydrogen) atoms. The van der Waals surface area contributed by atoms with E-state index in [1.165, 1.54) is 55.5 Å². The van der Waals surface area contributed by atoms with E-state index < -0.39 is 134 Å². The summed E-state index contributed by atoms with van der Waals surface area (Å²) in [7, 11) is -2.69. The molecule has 0 aromatic heterocycles. The number of Topliss-reactive ketones (excluding diaryl/α,β-unsaturated/α-hetero) is 1. The Morgan fingerprint density at radius 3 is 1.90 bits per heavy atom. The number of esters is 4. The topological polar surface area (TPSA) is 227 Å². The summed E-state index contributed by atoms with van der Waals surface area (Å²) in [6.07, 6.45) is -13.2. The number of rotatable bonds is 19. The van der Waals surface area contributed by atoms with Crippen LogP contribution in [0, 0.1) is 16.7 Å². The van der Waals surface area contributed by atoms with Gasteiger partial charge in [0, 0.05) is 52.4 Å². The van der Waals surface area contributed by atoms with E-state index in [0.29, 0.717) is 29.3 Å². The second-order valence-electron chi connectivity index (χ2n) is 22.0. The van der Waals surface area contributed by atoms with Crippen LogP contribution < -0.4 is 5.32 Å². The van der Waals surface area contributed by atoms with Gasteiger partial charge in [0.2, 0.25) is 5.91 Å². The quantitative estimate of drug-likeness (QED) is 0.0264. The first kappa shape index (κ1) is 55.7. The summed E-state index contributed by atoms with van der Waals surface area (Å²) in [5.41, 5.74) is -6.27. The molecule has 4 aliphatic rings. The summed E-state index contributed by atoms with van der Waals surface area (Å²) in [5.74, 6) is -7.36. The minimum atomic E-state index is -2.69. The Bertz CT molecular complexity index is 3040. The number of nitrogens with one attached hydrogen (secondary N) is 1. The number of aliphatic hydroxyl groups is 2.